The van der Waals surface area contributed by atoms with Gasteiger partial charge >= 0.3 is 7.12 Å². The van der Waals surface area contributed by atoms with Gasteiger partial charge in [-0.1, -0.05) is 6.08 Å². The Kier molecular flexibility index (Phi) is 4.22. The van der Waals surface area contributed by atoms with E-state index < -0.39 is 0 Å². The minimum atomic E-state index is -0.277. The Bertz CT molecular complexity index is 481. The molecule has 3 heterocycles. The molecule has 3 aliphatic rings. The maximum atomic E-state index is 6.14. The molecule has 0 spiro atoms. The highest BCUT2D eigenvalue weighted by Crippen LogP contribution is 2.40. The van der Waals surface area contributed by atoms with E-state index in [0.29, 0.717) is 0 Å². The highest BCUT2D eigenvalue weighted by Gasteiger charge is 2.53. The van der Waals surface area contributed by atoms with E-state index in [-0.39, 0.29) is 36.4 Å². The van der Waals surface area contributed by atoms with Gasteiger partial charge in [-0.15, -0.1) is 0 Å². The van der Waals surface area contributed by atoms with Crippen LogP contribution in [-0.4, -0.2) is 54.4 Å². The molecule has 0 N–H and O–H groups in total. The van der Waals surface area contributed by atoms with Gasteiger partial charge in [0.25, 0.3) is 0 Å². The van der Waals surface area contributed by atoms with Crippen molar-refractivity contribution in [2.24, 2.45) is 0 Å². The number of ether oxygens (including phenoxy) is 2. The number of hydrogen-bond acceptors (Lipinski definition) is 5. The average molecular weight is 323 g/mol. The van der Waals surface area contributed by atoms with E-state index in [1.165, 1.54) is 5.47 Å². The van der Waals surface area contributed by atoms with Gasteiger partial charge in [-0.2, -0.15) is 0 Å². The van der Waals surface area contributed by atoms with Crippen molar-refractivity contribution in [3.05, 3.63) is 11.5 Å². The predicted octanol–water partition coefficient (Wildman–Crippen LogP) is 2.75. The zero-order valence-corrected chi connectivity index (χ0v) is 15.5. The van der Waals surface area contributed by atoms with E-state index in [4.69, 9.17) is 18.8 Å². The van der Waals surface area contributed by atoms with E-state index in [1.54, 1.807) is 0 Å². The summed E-state index contributed by atoms with van der Waals surface area (Å²) in [4.78, 5) is 2.31. The third kappa shape index (κ3) is 3.66. The van der Waals surface area contributed by atoms with Crippen LogP contribution in [0, 0.1) is 0 Å². The summed E-state index contributed by atoms with van der Waals surface area (Å²) < 4.78 is 23.8. The van der Waals surface area contributed by atoms with E-state index in [0.717, 1.165) is 19.5 Å². The van der Waals surface area contributed by atoms with Crippen molar-refractivity contribution in [2.75, 3.05) is 13.1 Å². The Morgan fingerprint density at radius 1 is 1.17 bits per heavy atom. The fourth-order valence-electron chi connectivity index (χ4n) is 2.92. The molecule has 0 aromatic heterocycles. The molecule has 130 valence electrons. The Labute approximate surface area is 140 Å². The zero-order chi connectivity index (χ0) is 17.0. The van der Waals surface area contributed by atoms with Crippen LogP contribution in [0.1, 0.15) is 54.9 Å². The lowest BCUT2D eigenvalue weighted by Crippen LogP contribution is -2.41. The summed E-state index contributed by atoms with van der Waals surface area (Å²) in [6, 6.07) is 0. The van der Waals surface area contributed by atoms with Crippen molar-refractivity contribution in [2.45, 2.75) is 84.2 Å². The van der Waals surface area contributed by atoms with Crippen LogP contribution in [-0.2, 0) is 18.8 Å². The van der Waals surface area contributed by atoms with Gasteiger partial charge in [0.1, 0.15) is 0 Å². The molecule has 0 aliphatic carbocycles. The molecule has 0 aromatic carbocycles. The molecule has 23 heavy (non-hydrogen) atoms. The van der Waals surface area contributed by atoms with Gasteiger partial charge in [0.2, 0.25) is 0 Å². The molecule has 2 atom stereocenters. The van der Waals surface area contributed by atoms with Gasteiger partial charge in [0.05, 0.1) is 16.8 Å². The van der Waals surface area contributed by atoms with Crippen molar-refractivity contribution in [3.8, 4) is 0 Å². The van der Waals surface area contributed by atoms with Crippen LogP contribution in [0.2, 0.25) is 0 Å². The van der Waals surface area contributed by atoms with Gasteiger partial charge in [0.15, 0.2) is 12.5 Å². The molecule has 6 heteroatoms. The lowest BCUT2D eigenvalue weighted by Gasteiger charge is -2.32. The number of epoxide rings is 1. The molecule has 5 nitrogen and oxygen atoms in total. The summed E-state index contributed by atoms with van der Waals surface area (Å²) in [6.45, 7) is 16.3. The minimum absolute atomic E-state index is 0.0883. The summed E-state index contributed by atoms with van der Waals surface area (Å²) in [5.74, 6) is 0. The summed E-state index contributed by atoms with van der Waals surface area (Å²) in [5, 5.41) is 0. The molecule has 2 unspecified atom stereocenters. The van der Waals surface area contributed by atoms with Crippen molar-refractivity contribution >= 4 is 7.12 Å². The Morgan fingerprint density at radius 3 is 2.26 bits per heavy atom. The number of hydrogen-bond donors (Lipinski definition) is 0. The first kappa shape index (κ1) is 17.4. The SMILES string of the molecule is CC(C)(C)OC1OC1N1CC=C(B2OC(C)(C)C(C)(C)O2)CC1. The molecule has 3 rings (SSSR count). The normalized spacial score (nSPS) is 33.7. The second kappa shape index (κ2) is 5.56. The standard InChI is InChI=1S/C17H30BNO4/c1-15(2,3)21-14-13(20-14)19-10-8-12(9-11-19)18-22-16(4,5)17(6,7)23-18/h8,13-14H,9-11H2,1-7H3. The summed E-state index contributed by atoms with van der Waals surface area (Å²) in [7, 11) is -0.219. The van der Waals surface area contributed by atoms with E-state index in [2.05, 4.69) is 59.4 Å². The van der Waals surface area contributed by atoms with Crippen LogP contribution in [0.25, 0.3) is 0 Å². The Balaban J connectivity index is 1.54. The molecule has 0 bridgehead atoms. The van der Waals surface area contributed by atoms with Crippen molar-refractivity contribution in [1.29, 1.82) is 0 Å². The van der Waals surface area contributed by atoms with Crippen LogP contribution in [0.3, 0.4) is 0 Å². The third-order valence-electron chi connectivity index (χ3n) is 5.09. The number of rotatable bonds is 3. The fourth-order valence-corrected chi connectivity index (χ4v) is 2.92. The minimum Gasteiger partial charge on any atom is -0.400 e. The first-order valence-electron chi connectivity index (χ1n) is 8.60. The van der Waals surface area contributed by atoms with Gasteiger partial charge in [-0.05, 0) is 60.4 Å². The Hall–Kier alpha value is -0.395. The van der Waals surface area contributed by atoms with Gasteiger partial charge in [-0.3, -0.25) is 4.90 Å². The van der Waals surface area contributed by atoms with E-state index >= 15 is 0 Å². The maximum absolute atomic E-state index is 6.14. The molecular weight excluding hydrogens is 293 g/mol. The second-order valence-corrected chi connectivity index (χ2v) is 8.74. The van der Waals surface area contributed by atoms with E-state index in [9.17, 15) is 0 Å². The smallest absolute Gasteiger partial charge is 0.400 e. The first-order valence-corrected chi connectivity index (χ1v) is 8.60. The lowest BCUT2D eigenvalue weighted by molar-refractivity contribution is -0.0577. The summed E-state index contributed by atoms with van der Waals surface area (Å²) >= 11 is 0. The van der Waals surface area contributed by atoms with Crippen LogP contribution in [0.15, 0.2) is 11.5 Å². The van der Waals surface area contributed by atoms with Gasteiger partial charge < -0.3 is 18.8 Å². The zero-order valence-electron chi connectivity index (χ0n) is 15.5. The predicted molar refractivity (Wildman–Crippen MR) is 89.9 cm³/mol. The second-order valence-electron chi connectivity index (χ2n) is 8.74. The highest BCUT2D eigenvalue weighted by molar-refractivity contribution is 6.54. The molecule has 2 fully saturated rings. The highest BCUT2D eigenvalue weighted by atomic mass is 16.8. The maximum Gasteiger partial charge on any atom is 0.490 e. The van der Waals surface area contributed by atoms with Crippen molar-refractivity contribution in [3.63, 3.8) is 0 Å². The fraction of sp³-hybridized carbons (Fsp3) is 0.882. The van der Waals surface area contributed by atoms with E-state index in [1.807, 2.05) is 0 Å². The average Bonchev–Trinajstić information content (AvgIpc) is 3.09. The third-order valence-corrected chi connectivity index (χ3v) is 5.09. The first-order chi connectivity index (χ1) is 10.5. The molecule has 0 aromatic rings. The molecule has 3 aliphatic heterocycles. The molecule has 0 amide bonds. The van der Waals surface area contributed by atoms with Gasteiger partial charge in [-0.25, -0.2) is 0 Å². The van der Waals surface area contributed by atoms with Crippen LogP contribution >= 0.6 is 0 Å². The molecule has 2 saturated heterocycles. The number of nitrogens with zero attached hydrogens (tertiary/aromatic N) is 1. The topological polar surface area (TPSA) is 43.5 Å². The van der Waals surface area contributed by atoms with Gasteiger partial charge in [0, 0.05) is 13.1 Å². The van der Waals surface area contributed by atoms with Crippen molar-refractivity contribution < 1.29 is 18.8 Å². The molecular formula is C17H30BNO4. The largest absolute Gasteiger partial charge is 0.490 e. The van der Waals surface area contributed by atoms with Crippen molar-refractivity contribution in [1.82, 2.24) is 4.90 Å². The monoisotopic (exact) mass is 323 g/mol. The lowest BCUT2D eigenvalue weighted by atomic mass is 9.75. The quantitative estimate of drug-likeness (QED) is 0.590. The Morgan fingerprint density at radius 2 is 1.78 bits per heavy atom. The molecule has 0 saturated carbocycles. The van der Waals surface area contributed by atoms with Crippen LogP contribution in [0.5, 0.6) is 0 Å². The summed E-state index contributed by atoms with van der Waals surface area (Å²) in [5.41, 5.74) is 0.523. The van der Waals surface area contributed by atoms with Crippen LogP contribution < -0.4 is 0 Å². The summed E-state index contributed by atoms with van der Waals surface area (Å²) in [6.07, 6.45) is 3.16. The molecule has 0 radical (unpaired) electrons. The van der Waals surface area contributed by atoms with Crippen LogP contribution in [0.4, 0.5) is 0 Å².